The van der Waals surface area contributed by atoms with E-state index in [1.165, 1.54) is 11.8 Å². The highest BCUT2D eigenvalue weighted by atomic mass is 79.9. The van der Waals surface area contributed by atoms with Crippen molar-refractivity contribution in [1.82, 2.24) is 15.2 Å². The van der Waals surface area contributed by atoms with Crippen LogP contribution in [0.3, 0.4) is 0 Å². The van der Waals surface area contributed by atoms with E-state index in [9.17, 15) is 4.79 Å². The lowest BCUT2D eigenvalue weighted by atomic mass is 10.2. The average Bonchev–Trinajstić information content (AvgIpc) is 3.05. The molecule has 128 valence electrons. The van der Waals surface area contributed by atoms with Gasteiger partial charge in [-0.2, -0.15) is 0 Å². The number of hydrogen-bond acceptors (Lipinski definition) is 4. The van der Waals surface area contributed by atoms with E-state index in [0.717, 1.165) is 21.3 Å². The van der Waals surface area contributed by atoms with Crippen molar-refractivity contribution >= 4 is 50.9 Å². The van der Waals surface area contributed by atoms with Crippen molar-refractivity contribution in [3.63, 3.8) is 0 Å². The Bertz CT molecular complexity index is 915. The molecule has 3 aromatic rings. The van der Waals surface area contributed by atoms with Gasteiger partial charge in [0, 0.05) is 15.7 Å². The minimum Gasteiger partial charge on any atom is -0.325 e. The fourth-order valence-corrected chi connectivity index (χ4v) is 3.20. The molecule has 0 spiro atoms. The fourth-order valence-electron chi connectivity index (χ4n) is 2.13. The summed E-state index contributed by atoms with van der Waals surface area (Å²) in [6, 6.07) is 13.1. The molecule has 0 aliphatic rings. The van der Waals surface area contributed by atoms with Crippen LogP contribution in [0.5, 0.6) is 0 Å². The van der Waals surface area contributed by atoms with Crippen LogP contribution >= 0.6 is 39.3 Å². The van der Waals surface area contributed by atoms with E-state index in [4.69, 9.17) is 11.6 Å². The summed E-state index contributed by atoms with van der Waals surface area (Å²) in [5.41, 5.74) is 2.60. The maximum absolute atomic E-state index is 12.1. The van der Waals surface area contributed by atoms with E-state index < -0.39 is 0 Å². The van der Waals surface area contributed by atoms with Gasteiger partial charge in [0.2, 0.25) is 11.1 Å². The molecule has 0 fully saturated rings. The Morgan fingerprint density at radius 3 is 2.88 bits per heavy atom. The summed E-state index contributed by atoms with van der Waals surface area (Å²) in [5, 5.41) is 10.9. The number of H-pyrrole nitrogens is 1. The third-order valence-corrected chi connectivity index (χ3v) is 5.43. The lowest BCUT2D eigenvalue weighted by molar-refractivity contribution is -0.113. The van der Waals surface area contributed by atoms with Crippen LogP contribution in [-0.4, -0.2) is 26.8 Å². The van der Waals surface area contributed by atoms with Crippen molar-refractivity contribution in [2.24, 2.45) is 0 Å². The third-order valence-electron chi connectivity index (χ3n) is 3.37. The van der Waals surface area contributed by atoms with Gasteiger partial charge in [0.25, 0.3) is 0 Å². The number of anilines is 1. The smallest absolute Gasteiger partial charge is 0.234 e. The molecule has 0 bridgehead atoms. The predicted molar refractivity (Wildman–Crippen MR) is 105 cm³/mol. The van der Waals surface area contributed by atoms with Gasteiger partial charge in [0.1, 0.15) is 0 Å². The Morgan fingerprint density at radius 2 is 2.12 bits per heavy atom. The normalized spacial score (nSPS) is 10.7. The second-order valence-corrected chi connectivity index (χ2v) is 7.45. The Balaban J connectivity index is 1.59. The first-order chi connectivity index (χ1) is 12.0. The summed E-state index contributed by atoms with van der Waals surface area (Å²) < 4.78 is 1.01. The molecule has 8 heteroatoms. The highest BCUT2D eigenvalue weighted by Gasteiger charge is 2.11. The van der Waals surface area contributed by atoms with Crippen LogP contribution in [0.4, 0.5) is 5.69 Å². The quantitative estimate of drug-likeness (QED) is 0.555. The molecular formula is C17H14BrClN4OS. The van der Waals surface area contributed by atoms with Crippen molar-refractivity contribution in [2.75, 3.05) is 11.1 Å². The molecule has 0 aliphatic carbocycles. The number of aryl methyl sites for hydroxylation is 1. The summed E-state index contributed by atoms with van der Waals surface area (Å²) in [4.78, 5) is 16.5. The van der Waals surface area contributed by atoms with Gasteiger partial charge >= 0.3 is 0 Å². The van der Waals surface area contributed by atoms with Gasteiger partial charge in [-0.25, -0.2) is 4.98 Å². The minimum atomic E-state index is -0.115. The largest absolute Gasteiger partial charge is 0.325 e. The lowest BCUT2D eigenvalue weighted by Gasteiger charge is -2.06. The highest BCUT2D eigenvalue weighted by molar-refractivity contribution is 9.10. The molecule has 0 saturated carbocycles. The SMILES string of the molecule is Cc1cc(NC(=O)CSc2n[nH]c(-c3ccccc3Cl)n2)ccc1Br. The second-order valence-electron chi connectivity index (χ2n) is 5.25. The fraction of sp³-hybridized carbons (Fsp3) is 0.118. The number of benzene rings is 2. The number of aromatic nitrogens is 3. The molecule has 3 rings (SSSR count). The van der Waals surface area contributed by atoms with Crippen LogP contribution in [-0.2, 0) is 4.79 Å². The highest BCUT2D eigenvalue weighted by Crippen LogP contribution is 2.26. The van der Waals surface area contributed by atoms with Gasteiger partial charge in [-0.15, -0.1) is 5.10 Å². The molecule has 2 aromatic carbocycles. The van der Waals surface area contributed by atoms with Crippen LogP contribution in [0.15, 0.2) is 52.1 Å². The lowest BCUT2D eigenvalue weighted by Crippen LogP contribution is -2.14. The summed E-state index contributed by atoms with van der Waals surface area (Å²) in [5.74, 6) is 0.683. The van der Waals surface area contributed by atoms with Crippen molar-refractivity contribution in [2.45, 2.75) is 12.1 Å². The van der Waals surface area contributed by atoms with Crippen LogP contribution in [0.25, 0.3) is 11.4 Å². The van der Waals surface area contributed by atoms with Gasteiger partial charge < -0.3 is 5.32 Å². The number of thioether (sulfide) groups is 1. The number of halogens is 2. The van der Waals surface area contributed by atoms with Gasteiger partial charge in [0.15, 0.2) is 5.82 Å². The zero-order chi connectivity index (χ0) is 17.8. The monoisotopic (exact) mass is 436 g/mol. The van der Waals surface area contributed by atoms with Crippen LogP contribution in [0, 0.1) is 6.92 Å². The summed E-state index contributed by atoms with van der Waals surface area (Å²) in [6.07, 6.45) is 0. The van der Waals surface area contributed by atoms with E-state index in [0.29, 0.717) is 16.0 Å². The first-order valence-corrected chi connectivity index (χ1v) is 9.54. The molecule has 2 N–H and O–H groups in total. The third kappa shape index (κ3) is 4.62. The molecule has 1 heterocycles. The number of nitrogens with zero attached hydrogens (tertiary/aromatic N) is 2. The van der Waals surface area contributed by atoms with Crippen molar-refractivity contribution in [3.8, 4) is 11.4 Å². The molecule has 25 heavy (non-hydrogen) atoms. The van der Waals surface area contributed by atoms with Crippen LogP contribution in [0.2, 0.25) is 5.02 Å². The molecule has 0 aliphatic heterocycles. The molecular weight excluding hydrogens is 424 g/mol. The van der Waals surface area contributed by atoms with Gasteiger partial charge in [-0.3, -0.25) is 9.89 Å². The second kappa shape index (κ2) is 8.03. The van der Waals surface area contributed by atoms with Crippen LogP contribution < -0.4 is 5.32 Å². The van der Waals surface area contributed by atoms with Crippen molar-refractivity contribution in [3.05, 3.63) is 57.5 Å². The first kappa shape index (κ1) is 18.0. The number of amides is 1. The number of rotatable bonds is 5. The average molecular weight is 438 g/mol. The van der Waals surface area contributed by atoms with Crippen LogP contribution in [0.1, 0.15) is 5.56 Å². The minimum absolute atomic E-state index is 0.115. The molecule has 1 amide bonds. The number of aromatic amines is 1. The molecule has 0 saturated heterocycles. The van der Waals surface area contributed by atoms with E-state index in [1.54, 1.807) is 6.07 Å². The zero-order valence-electron chi connectivity index (χ0n) is 13.2. The zero-order valence-corrected chi connectivity index (χ0v) is 16.4. The van der Waals surface area contributed by atoms with Crippen molar-refractivity contribution in [1.29, 1.82) is 0 Å². The Kier molecular flexibility index (Phi) is 5.78. The van der Waals surface area contributed by atoms with E-state index in [-0.39, 0.29) is 11.7 Å². The summed E-state index contributed by atoms with van der Waals surface area (Å²) in [7, 11) is 0. The van der Waals surface area contributed by atoms with E-state index in [2.05, 4.69) is 36.4 Å². The summed E-state index contributed by atoms with van der Waals surface area (Å²) in [6.45, 7) is 1.97. The summed E-state index contributed by atoms with van der Waals surface area (Å²) >= 11 is 10.8. The molecule has 5 nitrogen and oxygen atoms in total. The first-order valence-electron chi connectivity index (χ1n) is 7.39. The number of carbonyl (C=O) groups excluding carboxylic acids is 1. The number of hydrogen-bond donors (Lipinski definition) is 2. The molecule has 0 atom stereocenters. The number of nitrogens with one attached hydrogen (secondary N) is 2. The standard InChI is InChI=1S/C17H14BrClN4OS/c1-10-8-11(6-7-13(10)18)20-15(24)9-25-17-21-16(22-23-17)12-4-2-3-5-14(12)19/h2-8H,9H2,1H3,(H,20,24)(H,21,22,23). The van der Waals surface area contributed by atoms with E-state index in [1.807, 2.05) is 43.3 Å². The molecule has 0 unspecified atom stereocenters. The van der Waals surface area contributed by atoms with Crippen molar-refractivity contribution < 1.29 is 4.79 Å². The van der Waals surface area contributed by atoms with Gasteiger partial charge in [-0.05, 0) is 42.8 Å². The van der Waals surface area contributed by atoms with E-state index >= 15 is 0 Å². The Hall–Kier alpha value is -1.83. The predicted octanol–water partition coefficient (Wildman–Crippen LogP) is 4.93. The van der Waals surface area contributed by atoms with Gasteiger partial charge in [-0.1, -0.05) is 51.4 Å². The Labute approximate surface area is 162 Å². The van der Waals surface area contributed by atoms with Gasteiger partial charge in [0.05, 0.1) is 10.8 Å². The maximum atomic E-state index is 12.1. The maximum Gasteiger partial charge on any atom is 0.234 e. The number of carbonyl (C=O) groups is 1. The molecule has 0 radical (unpaired) electrons. The topological polar surface area (TPSA) is 70.7 Å². The Morgan fingerprint density at radius 1 is 1.32 bits per heavy atom. The molecule has 1 aromatic heterocycles.